The van der Waals surface area contributed by atoms with E-state index in [9.17, 15) is 9.59 Å². The zero-order chi connectivity index (χ0) is 20.9. The van der Waals surface area contributed by atoms with Gasteiger partial charge in [-0.05, 0) is 62.1 Å². The van der Waals surface area contributed by atoms with Gasteiger partial charge in [0.25, 0.3) is 0 Å². The fourth-order valence-electron chi connectivity index (χ4n) is 3.84. The van der Waals surface area contributed by atoms with E-state index < -0.39 is 5.97 Å². The highest BCUT2D eigenvalue weighted by atomic mass is 16.5. The van der Waals surface area contributed by atoms with Crippen molar-refractivity contribution < 1.29 is 24.2 Å². The summed E-state index contributed by atoms with van der Waals surface area (Å²) in [4.78, 5) is 22.0. The van der Waals surface area contributed by atoms with Crippen LogP contribution in [0, 0.1) is 5.92 Å². The van der Waals surface area contributed by atoms with Gasteiger partial charge in [-0.1, -0.05) is 44.4 Å². The Morgan fingerprint density at radius 2 is 1.52 bits per heavy atom. The smallest absolute Gasteiger partial charge is 0.330 e. The molecule has 0 heterocycles. The molecule has 2 rings (SSSR count). The van der Waals surface area contributed by atoms with E-state index in [0.29, 0.717) is 12.5 Å². The summed E-state index contributed by atoms with van der Waals surface area (Å²) in [5.74, 6) is 0.211. The van der Waals surface area contributed by atoms with Gasteiger partial charge in [-0.3, -0.25) is 4.79 Å². The molecule has 1 aromatic carbocycles. The van der Waals surface area contributed by atoms with Crippen molar-refractivity contribution in [3.8, 4) is 5.75 Å². The Morgan fingerprint density at radius 3 is 2.10 bits per heavy atom. The lowest BCUT2D eigenvalue weighted by Gasteiger charge is -2.26. The summed E-state index contributed by atoms with van der Waals surface area (Å²) in [5.41, 5.74) is 1.29. The van der Waals surface area contributed by atoms with Crippen molar-refractivity contribution >= 4 is 11.9 Å². The van der Waals surface area contributed by atoms with Crippen molar-refractivity contribution in [1.82, 2.24) is 0 Å². The maximum atomic E-state index is 11.1. The summed E-state index contributed by atoms with van der Waals surface area (Å²) < 4.78 is 10.8. The van der Waals surface area contributed by atoms with Crippen molar-refractivity contribution in [2.45, 2.75) is 70.1 Å². The predicted octanol–water partition coefficient (Wildman–Crippen LogP) is 5.49. The third-order valence-electron chi connectivity index (χ3n) is 5.65. The SMILES string of the molecule is C=CC(=O)OCCCCCCCCOc1ccc(C2CCC(C(=O)O)CC2)cc1. The Balaban J connectivity index is 1.52. The van der Waals surface area contributed by atoms with Crippen molar-refractivity contribution in [3.63, 3.8) is 0 Å². The number of benzene rings is 1. The van der Waals surface area contributed by atoms with Crippen LogP contribution >= 0.6 is 0 Å². The quantitative estimate of drug-likeness (QED) is 0.268. The molecule has 1 fully saturated rings. The van der Waals surface area contributed by atoms with E-state index in [1.165, 1.54) is 11.6 Å². The highest BCUT2D eigenvalue weighted by molar-refractivity contribution is 5.81. The van der Waals surface area contributed by atoms with Crippen LogP contribution in [0.1, 0.15) is 75.7 Å². The predicted molar refractivity (Wildman–Crippen MR) is 113 cm³/mol. The molecule has 0 amide bonds. The number of aliphatic carboxylic acids is 1. The zero-order valence-electron chi connectivity index (χ0n) is 17.3. The molecule has 1 saturated carbocycles. The van der Waals surface area contributed by atoms with Crippen molar-refractivity contribution in [2.75, 3.05) is 13.2 Å². The Labute approximate surface area is 174 Å². The molecule has 0 saturated heterocycles. The van der Waals surface area contributed by atoms with Crippen LogP contribution in [0.2, 0.25) is 0 Å². The Kier molecular flexibility index (Phi) is 10.3. The Morgan fingerprint density at radius 1 is 0.931 bits per heavy atom. The second-order valence-electron chi connectivity index (χ2n) is 7.80. The zero-order valence-corrected chi connectivity index (χ0v) is 17.3. The van der Waals surface area contributed by atoms with Crippen molar-refractivity contribution in [3.05, 3.63) is 42.5 Å². The number of carbonyl (C=O) groups is 2. The topological polar surface area (TPSA) is 72.8 Å². The Bertz CT molecular complexity index is 629. The molecule has 5 heteroatoms. The van der Waals surface area contributed by atoms with E-state index in [2.05, 4.69) is 18.7 Å². The highest BCUT2D eigenvalue weighted by Gasteiger charge is 2.26. The van der Waals surface area contributed by atoms with Crippen LogP contribution in [0.5, 0.6) is 5.75 Å². The molecule has 160 valence electrons. The number of unbranched alkanes of at least 4 members (excludes halogenated alkanes) is 5. The van der Waals surface area contributed by atoms with E-state index in [1.54, 1.807) is 0 Å². The lowest BCUT2D eigenvalue weighted by Crippen LogP contribution is -2.20. The summed E-state index contributed by atoms with van der Waals surface area (Å²) in [5, 5.41) is 9.11. The molecule has 1 aliphatic rings. The highest BCUT2D eigenvalue weighted by Crippen LogP contribution is 2.36. The van der Waals surface area contributed by atoms with Gasteiger partial charge in [0, 0.05) is 6.08 Å². The monoisotopic (exact) mass is 402 g/mol. The molecule has 0 bridgehead atoms. The number of carboxylic acids is 1. The van der Waals surface area contributed by atoms with Gasteiger partial charge in [-0.15, -0.1) is 0 Å². The molecule has 0 aromatic heterocycles. The number of ether oxygens (including phenoxy) is 2. The third-order valence-corrected chi connectivity index (χ3v) is 5.65. The average Bonchev–Trinajstić information content (AvgIpc) is 2.75. The van der Waals surface area contributed by atoms with Crippen LogP contribution in [0.25, 0.3) is 0 Å². The maximum absolute atomic E-state index is 11.1. The van der Waals surface area contributed by atoms with E-state index in [4.69, 9.17) is 14.6 Å². The fourth-order valence-corrected chi connectivity index (χ4v) is 3.84. The summed E-state index contributed by atoms with van der Waals surface area (Å²) in [7, 11) is 0. The minimum absolute atomic E-state index is 0.163. The number of hydrogen-bond acceptors (Lipinski definition) is 4. The van der Waals surface area contributed by atoms with Gasteiger partial charge in [-0.2, -0.15) is 0 Å². The van der Waals surface area contributed by atoms with Gasteiger partial charge in [-0.25, -0.2) is 4.79 Å². The van der Waals surface area contributed by atoms with E-state index in [-0.39, 0.29) is 11.9 Å². The summed E-state index contributed by atoms with van der Waals surface area (Å²) in [6.07, 6.45) is 11.1. The number of carboxylic acid groups (broad SMARTS) is 1. The van der Waals surface area contributed by atoms with Gasteiger partial charge >= 0.3 is 11.9 Å². The second kappa shape index (κ2) is 13.0. The summed E-state index contributed by atoms with van der Waals surface area (Å²) in [6.45, 7) is 4.57. The molecule has 1 aromatic rings. The van der Waals surface area contributed by atoms with Gasteiger partial charge in [0.15, 0.2) is 0 Å². The fraction of sp³-hybridized carbons (Fsp3) is 0.583. The maximum Gasteiger partial charge on any atom is 0.330 e. The van der Waals surface area contributed by atoms with Gasteiger partial charge in [0.1, 0.15) is 5.75 Å². The first-order chi connectivity index (χ1) is 14.1. The first kappa shape index (κ1) is 23.0. The lowest BCUT2D eigenvalue weighted by molar-refractivity contribution is -0.143. The number of esters is 1. The van der Waals surface area contributed by atoms with Gasteiger partial charge in [0.05, 0.1) is 19.1 Å². The van der Waals surface area contributed by atoms with Crippen molar-refractivity contribution in [1.29, 1.82) is 0 Å². The molecule has 29 heavy (non-hydrogen) atoms. The molecule has 0 unspecified atom stereocenters. The third kappa shape index (κ3) is 8.71. The molecule has 0 aliphatic heterocycles. The summed E-state index contributed by atoms with van der Waals surface area (Å²) >= 11 is 0. The van der Waals surface area contributed by atoms with Crippen LogP contribution in [0.4, 0.5) is 0 Å². The molecule has 1 N–H and O–H groups in total. The molecule has 0 spiro atoms. The molecule has 0 atom stereocenters. The van der Waals surface area contributed by atoms with Crippen molar-refractivity contribution in [2.24, 2.45) is 5.92 Å². The summed E-state index contributed by atoms with van der Waals surface area (Å²) in [6, 6.07) is 8.31. The normalized spacial score (nSPS) is 18.8. The standard InChI is InChI=1S/C24H34O5/c1-2-23(25)29-18-8-6-4-3-5-7-17-28-22-15-13-20(14-16-22)19-9-11-21(12-10-19)24(26)27/h2,13-16,19,21H,1,3-12,17-18H2,(H,26,27). The van der Waals surface area contributed by atoms with E-state index in [1.807, 2.05) is 12.1 Å². The van der Waals surface area contributed by atoms with Crippen LogP contribution in [-0.4, -0.2) is 30.3 Å². The van der Waals surface area contributed by atoms with Crippen LogP contribution in [0.15, 0.2) is 36.9 Å². The molecular formula is C24H34O5. The Hall–Kier alpha value is -2.30. The average molecular weight is 403 g/mol. The largest absolute Gasteiger partial charge is 0.494 e. The molecule has 5 nitrogen and oxygen atoms in total. The molecule has 0 radical (unpaired) electrons. The van der Waals surface area contributed by atoms with Crippen LogP contribution < -0.4 is 4.74 Å². The van der Waals surface area contributed by atoms with Crippen LogP contribution in [-0.2, 0) is 14.3 Å². The molecule has 1 aliphatic carbocycles. The lowest BCUT2D eigenvalue weighted by atomic mass is 9.79. The number of hydrogen-bond donors (Lipinski definition) is 1. The van der Waals surface area contributed by atoms with E-state index in [0.717, 1.165) is 76.6 Å². The number of rotatable bonds is 13. The minimum atomic E-state index is -0.652. The minimum Gasteiger partial charge on any atom is -0.494 e. The molecular weight excluding hydrogens is 368 g/mol. The first-order valence-electron chi connectivity index (χ1n) is 10.8. The van der Waals surface area contributed by atoms with Crippen LogP contribution in [0.3, 0.4) is 0 Å². The van der Waals surface area contributed by atoms with Gasteiger partial charge in [0.2, 0.25) is 0 Å². The second-order valence-corrected chi connectivity index (χ2v) is 7.80. The van der Waals surface area contributed by atoms with Gasteiger partial charge < -0.3 is 14.6 Å². The first-order valence-corrected chi connectivity index (χ1v) is 10.8. The van der Waals surface area contributed by atoms with E-state index >= 15 is 0 Å². The number of carbonyl (C=O) groups excluding carboxylic acids is 1.